The van der Waals surface area contributed by atoms with Gasteiger partial charge in [0.05, 0.1) is 25.4 Å². The lowest BCUT2D eigenvalue weighted by Crippen LogP contribution is -2.26. The van der Waals surface area contributed by atoms with E-state index in [4.69, 9.17) is 8.92 Å². The molecule has 0 amide bonds. The number of carbonyl (C=O) groups is 1. The Labute approximate surface area is 115 Å². The summed E-state index contributed by atoms with van der Waals surface area (Å²) in [5.74, 6) is 0.108. The van der Waals surface area contributed by atoms with E-state index in [9.17, 15) is 13.2 Å². The van der Waals surface area contributed by atoms with E-state index in [-0.39, 0.29) is 24.4 Å². The van der Waals surface area contributed by atoms with Gasteiger partial charge in [0.2, 0.25) is 0 Å². The molecule has 0 aromatic carbocycles. The highest BCUT2D eigenvalue weighted by atomic mass is 32.2. The van der Waals surface area contributed by atoms with Gasteiger partial charge in [-0.2, -0.15) is 8.42 Å². The minimum atomic E-state index is -3.36. The molecular formula is C13H24O5S. The van der Waals surface area contributed by atoms with Gasteiger partial charge in [-0.3, -0.25) is 8.98 Å². The Balaban J connectivity index is 2.23. The van der Waals surface area contributed by atoms with E-state index in [1.54, 1.807) is 0 Å². The fourth-order valence-electron chi connectivity index (χ4n) is 2.22. The molecule has 112 valence electrons. The summed E-state index contributed by atoms with van der Waals surface area (Å²) in [7, 11) is -3.36. The first-order chi connectivity index (χ1) is 8.92. The molecule has 0 aromatic heterocycles. The molecule has 0 saturated heterocycles. The Morgan fingerprint density at radius 1 is 1.21 bits per heavy atom. The third-order valence-corrected chi connectivity index (χ3v) is 4.00. The maximum absolute atomic E-state index is 11.7. The predicted octanol–water partition coefficient (Wildman–Crippen LogP) is 2.11. The Kier molecular flexibility index (Phi) is 6.79. The van der Waals surface area contributed by atoms with Gasteiger partial charge in [-0.05, 0) is 38.0 Å². The van der Waals surface area contributed by atoms with E-state index in [0.717, 1.165) is 44.8 Å². The summed E-state index contributed by atoms with van der Waals surface area (Å²) in [4.78, 5) is 11.7. The summed E-state index contributed by atoms with van der Waals surface area (Å²) < 4.78 is 31.8. The summed E-state index contributed by atoms with van der Waals surface area (Å²) in [6, 6.07) is 0. The van der Waals surface area contributed by atoms with Crippen LogP contribution in [0.3, 0.4) is 0 Å². The molecule has 0 aromatic rings. The zero-order valence-corrected chi connectivity index (χ0v) is 12.6. The molecule has 0 aliphatic heterocycles. The molecule has 0 radical (unpaired) electrons. The zero-order valence-electron chi connectivity index (χ0n) is 11.8. The number of rotatable bonds is 7. The van der Waals surface area contributed by atoms with Gasteiger partial charge in [0.1, 0.15) is 0 Å². The van der Waals surface area contributed by atoms with Crippen molar-refractivity contribution >= 4 is 16.1 Å². The summed E-state index contributed by atoms with van der Waals surface area (Å²) in [6.07, 6.45) is 6.16. The van der Waals surface area contributed by atoms with Crippen LogP contribution >= 0.6 is 0 Å². The topological polar surface area (TPSA) is 69.7 Å². The van der Waals surface area contributed by atoms with E-state index in [0.29, 0.717) is 6.61 Å². The van der Waals surface area contributed by atoms with E-state index in [1.807, 2.05) is 0 Å². The highest BCUT2D eigenvalue weighted by Gasteiger charge is 2.27. The molecule has 19 heavy (non-hydrogen) atoms. The van der Waals surface area contributed by atoms with Crippen molar-refractivity contribution in [1.29, 1.82) is 0 Å². The molecule has 0 atom stereocenters. The lowest BCUT2D eigenvalue weighted by Gasteiger charge is -2.26. The SMILES string of the molecule is CCCCOC(=O)[C@H]1CC[C@@H](COS(C)(=O)=O)CC1. The molecule has 1 rings (SSSR count). The van der Waals surface area contributed by atoms with E-state index in [1.165, 1.54) is 0 Å². The van der Waals surface area contributed by atoms with Crippen LogP contribution in [-0.2, 0) is 23.8 Å². The molecule has 0 unspecified atom stereocenters. The number of unbranched alkanes of at least 4 members (excludes halogenated alkanes) is 1. The van der Waals surface area contributed by atoms with E-state index >= 15 is 0 Å². The Bertz CT molecular complexity index is 368. The number of ether oxygens (including phenoxy) is 1. The molecule has 6 heteroatoms. The fraction of sp³-hybridized carbons (Fsp3) is 0.923. The third-order valence-electron chi connectivity index (χ3n) is 3.44. The maximum Gasteiger partial charge on any atom is 0.308 e. The first-order valence-electron chi connectivity index (χ1n) is 6.93. The molecule has 1 saturated carbocycles. The van der Waals surface area contributed by atoms with Crippen molar-refractivity contribution in [2.24, 2.45) is 11.8 Å². The lowest BCUT2D eigenvalue weighted by atomic mass is 9.82. The van der Waals surface area contributed by atoms with Crippen LogP contribution in [0.4, 0.5) is 0 Å². The van der Waals surface area contributed by atoms with Crippen LogP contribution in [0.2, 0.25) is 0 Å². The minimum Gasteiger partial charge on any atom is -0.465 e. The number of esters is 1. The Morgan fingerprint density at radius 2 is 1.84 bits per heavy atom. The Hall–Kier alpha value is -0.620. The third kappa shape index (κ3) is 6.92. The van der Waals surface area contributed by atoms with Gasteiger partial charge in [-0.1, -0.05) is 13.3 Å². The number of carbonyl (C=O) groups excluding carboxylic acids is 1. The van der Waals surface area contributed by atoms with Crippen LogP contribution in [0.5, 0.6) is 0 Å². The van der Waals surface area contributed by atoms with Crippen molar-refractivity contribution in [3.05, 3.63) is 0 Å². The van der Waals surface area contributed by atoms with Crippen molar-refractivity contribution in [3.8, 4) is 0 Å². The van der Waals surface area contributed by atoms with Crippen LogP contribution in [0.25, 0.3) is 0 Å². The Morgan fingerprint density at radius 3 is 2.37 bits per heavy atom. The second kappa shape index (κ2) is 7.85. The van der Waals surface area contributed by atoms with Crippen LogP contribution in [-0.4, -0.2) is 33.9 Å². The van der Waals surface area contributed by atoms with Crippen molar-refractivity contribution in [1.82, 2.24) is 0 Å². The van der Waals surface area contributed by atoms with Gasteiger partial charge < -0.3 is 4.74 Å². The monoisotopic (exact) mass is 292 g/mol. The average Bonchev–Trinajstić information content (AvgIpc) is 2.36. The van der Waals surface area contributed by atoms with Crippen molar-refractivity contribution in [3.63, 3.8) is 0 Å². The van der Waals surface area contributed by atoms with Gasteiger partial charge in [0, 0.05) is 0 Å². The molecular weight excluding hydrogens is 268 g/mol. The molecule has 0 bridgehead atoms. The van der Waals surface area contributed by atoms with E-state index < -0.39 is 10.1 Å². The zero-order chi connectivity index (χ0) is 14.3. The van der Waals surface area contributed by atoms with E-state index in [2.05, 4.69) is 6.92 Å². The standard InChI is InChI=1S/C13H24O5S/c1-3-4-9-17-13(14)12-7-5-11(6-8-12)10-18-19(2,15)16/h11-12H,3-10H2,1-2H3/t11-,12+. The van der Waals surface area contributed by atoms with Gasteiger partial charge >= 0.3 is 5.97 Å². The summed E-state index contributed by atoms with van der Waals surface area (Å²) in [5, 5.41) is 0. The molecule has 5 nitrogen and oxygen atoms in total. The molecule has 1 fully saturated rings. The van der Waals surface area contributed by atoms with Gasteiger partial charge in [0.25, 0.3) is 10.1 Å². The molecule has 0 spiro atoms. The lowest BCUT2D eigenvalue weighted by molar-refractivity contribution is -0.150. The van der Waals surface area contributed by atoms with Gasteiger partial charge in [-0.25, -0.2) is 0 Å². The first-order valence-corrected chi connectivity index (χ1v) is 8.75. The highest BCUT2D eigenvalue weighted by Crippen LogP contribution is 2.30. The first kappa shape index (κ1) is 16.4. The normalized spacial score (nSPS) is 24.1. The number of hydrogen-bond donors (Lipinski definition) is 0. The molecule has 0 N–H and O–H groups in total. The fourth-order valence-corrected chi connectivity index (χ4v) is 2.66. The van der Waals surface area contributed by atoms with Crippen LogP contribution < -0.4 is 0 Å². The average molecular weight is 292 g/mol. The van der Waals surface area contributed by atoms with Crippen LogP contribution in [0, 0.1) is 11.8 Å². The maximum atomic E-state index is 11.7. The predicted molar refractivity (Wildman–Crippen MR) is 72.1 cm³/mol. The minimum absolute atomic E-state index is 0.0219. The molecule has 1 aliphatic carbocycles. The van der Waals surface area contributed by atoms with Crippen molar-refractivity contribution in [2.75, 3.05) is 19.5 Å². The largest absolute Gasteiger partial charge is 0.465 e. The second-order valence-corrected chi connectivity index (χ2v) is 6.87. The second-order valence-electron chi connectivity index (χ2n) is 5.23. The molecule has 1 aliphatic rings. The highest BCUT2D eigenvalue weighted by molar-refractivity contribution is 7.85. The van der Waals surface area contributed by atoms with Crippen molar-refractivity contribution < 1.29 is 22.1 Å². The summed E-state index contributed by atoms with van der Waals surface area (Å²) in [5.41, 5.74) is 0. The van der Waals surface area contributed by atoms with Gasteiger partial charge in [-0.15, -0.1) is 0 Å². The number of hydrogen-bond acceptors (Lipinski definition) is 5. The molecule has 0 heterocycles. The van der Waals surface area contributed by atoms with Gasteiger partial charge in [0.15, 0.2) is 0 Å². The summed E-state index contributed by atoms with van der Waals surface area (Å²) >= 11 is 0. The van der Waals surface area contributed by atoms with Crippen molar-refractivity contribution in [2.45, 2.75) is 45.4 Å². The smallest absolute Gasteiger partial charge is 0.308 e. The van der Waals surface area contributed by atoms with Crippen LogP contribution in [0.1, 0.15) is 45.4 Å². The summed E-state index contributed by atoms with van der Waals surface area (Å²) in [6.45, 7) is 2.80. The quantitative estimate of drug-likeness (QED) is 0.408. The van der Waals surface area contributed by atoms with Crippen LogP contribution in [0.15, 0.2) is 0 Å².